The van der Waals surface area contributed by atoms with Crippen LogP contribution in [0.25, 0.3) is 0 Å². The van der Waals surface area contributed by atoms with Gasteiger partial charge in [-0.25, -0.2) is 14.4 Å². The zero-order chi connectivity index (χ0) is 8.10. The van der Waals surface area contributed by atoms with Crippen molar-refractivity contribution in [3.05, 3.63) is 18.6 Å². The van der Waals surface area contributed by atoms with Crippen LogP contribution in [0.5, 0.6) is 5.88 Å². The summed E-state index contributed by atoms with van der Waals surface area (Å²) in [5.74, 6) is 0.0325. The van der Waals surface area contributed by atoms with E-state index in [0.717, 1.165) is 0 Å². The van der Waals surface area contributed by atoms with E-state index in [1.807, 2.05) is 0 Å². The molecule has 0 saturated carbocycles. The Morgan fingerprint density at radius 3 is 3.00 bits per heavy atom. The fourth-order valence-corrected chi connectivity index (χ4v) is 0.511. The zero-order valence-electron chi connectivity index (χ0n) is 5.58. The summed E-state index contributed by atoms with van der Waals surface area (Å²) in [6.07, 6.45) is 0.637. The molecule has 0 fully saturated rings. The lowest BCUT2D eigenvalue weighted by atomic mass is 10.6. The van der Waals surface area contributed by atoms with Gasteiger partial charge in [-0.2, -0.15) is 4.39 Å². The molecule has 0 saturated heterocycles. The van der Waals surface area contributed by atoms with Crippen LogP contribution in [0.1, 0.15) is 0 Å². The van der Waals surface area contributed by atoms with Crippen LogP contribution in [0.3, 0.4) is 0 Å². The lowest BCUT2D eigenvalue weighted by Gasteiger charge is -2.04. The van der Waals surface area contributed by atoms with E-state index in [-0.39, 0.29) is 5.88 Å². The number of halogens is 2. The van der Waals surface area contributed by atoms with E-state index in [1.165, 1.54) is 18.6 Å². The Morgan fingerprint density at radius 2 is 2.45 bits per heavy atom. The molecule has 1 heterocycles. The lowest BCUT2D eigenvalue weighted by molar-refractivity contribution is 0.0392. The van der Waals surface area contributed by atoms with Gasteiger partial charge in [0.25, 0.3) is 6.36 Å². The second-order valence-corrected chi connectivity index (χ2v) is 1.73. The minimum atomic E-state index is -1.94. The third-order valence-electron chi connectivity index (χ3n) is 0.925. The van der Waals surface area contributed by atoms with Crippen molar-refractivity contribution >= 4 is 0 Å². The Morgan fingerprint density at radius 1 is 1.64 bits per heavy atom. The lowest BCUT2D eigenvalue weighted by Crippen LogP contribution is -2.12. The highest BCUT2D eigenvalue weighted by atomic mass is 19.2. The van der Waals surface area contributed by atoms with Gasteiger partial charge in [0.1, 0.15) is 6.33 Å². The Hall–Kier alpha value is -1.26. The number of nitrogens with zero attached hydrogens (tertiary/aromatic N) is 2. The van der Waals surface area contributed by atoms with Gasteiger partial charge in [-0.15, -0.1) is 0 Å². The van der Waals surface area contributed by atoms with Crippen LogP contribution in [0.4, 0.5) is 8.78 Å². The van der Waals surface area contributed by atoms with Crippen LogP contribution in [-0.2, 0) is 0 Å². The van der Waals surface area contributed by atoms with Gasteiger partial charge in [0.15, 0.2) is 6.67 Å². The monoisotopic (exact) mass is 160 g/mol. The van der Waals surface area contributed by atoms with Crippen molar-refractivity contribution < 1.29 is 13.5 Å². The van der Waals surface area contributed by atoms with E-state index in [9.17, 15) is 8.78 Å². The van der Waals surface area contributed by atoms with E-state index < -0.39 is 13.0 Å². The van der Waals surface area contributed by atoms with Crippen molar-refractivity contribution in [3.63, 3.8) is 0 Å². The van der Waals surface area contributed by atoms with Crippen molar-refractivity contribution in [3.8, 4) is 5.88 Å². The summed E-state index contributed by atoms with van der Waals surface area (Å²) in [6.45, 7) is -1.18. The summed E-state index contributed by atoms with van der Waals surface area (Å²) in [5.41, 5.74) is 0. The van der Waals surface area contributed by atoms with E-state index in [1.54, 1.807) is 0 Å². The minimum Gasteiger partial charge on any atom is -0.440 e. The molecule has 0 aliphatic rings. The smallest absolute Gasteiger partial charge is 0.268 e. The standard InChI is InChI=1S/C6H6F2N2O/c7-3-5(8)11-6-1-2-9-4-10-6/h1-2,4-5H,3H2. The quantitative estimate of drug-likeness (QED) is 0.664. The number of hydrogen-bond acceptors (Lipinski definition) is 3. The molecule has 1 aromatic heterocycles. The molecule has 1 atom stereocenters. The van der Waals surface area contributed by atoms with Crippen LogP contribution in [0, 0.1) is 0 Å². The molecule has 1 unspecified atom stereocenters. The highest BCUT2D eigenvalue weighted by molar-refractivity contribution is 5.04. The minimum absolute atomic E-state index is 0.0325. The molecule has 0 spiro atoms. The van der Waals surface area contributed by atoms with Gasteiger partial charge < -0.3 is 4.74 Å². The predicted octanol–water partition coefficient (Wildman–Crippen LogP) is 1.12. The largest absolute Gasteiger partial charge is 0.440 e. The Balaban J connectivity index is 2.51. The first-order valence-electron chi connectivity index (χ1n) is 2.95. The number of hydrogen-bond donors (Lipinski definition) is 0. The topological polar surface area (TPSA) is 35.0 Å². The molecule has 0 bridgehead atoms. The van der Waals surface area contributed by atoms with Crippen LogP contribution >= 0.6 is 0 Å². The molecule has 1 rings (SSSR count). The maximum Gasteiger partial charge on any atom is 0.268 e. The van der Waals surface area contributed by atoms with Crippen LogP contribution in [-0.4, -0.2) is 23.0 Å². The molecule has 60 valence electrons. The average molecular weight is 160 g/mol. The van der Waals surface area contributed by atoms with Crippen molar-refractivity contribution in [2.45, 2.75) is 6.36 Å². The fraction of sp³-hybridized carbons (Fsp3) is 0.333. The second kappa shape index (κ2) is 3.80. The Labute approximate surface area is 62.0 Å². The molecular weight excluding hydrogens is 154 g/mol. The summed E-state index contributed by atoms with van der Waals surface area (Å²) in [6, 6.07) is 1.35. The first-order chi connectivity index (χ1) is 5.33. The number of alkyl halides is 2. The molecule has 11 heavy (non-hydrogen) atoms. The van der Waals surface area contributed by atoms with Gasteiger partial charge in [0, 0.05) is 12.3 Å². The van der Waals surface area contributed by atoms with Gasteiger partial charge in [0.2, 0.25) is 5.88 Å². The number of ether oxygens (including phenoxy) is 1. The maximum atomic E-state index is 12.2. The fourth-order valence-electron chi connectivity index (χ4n) is 0.511. The van der Waals surface area contributed by atoms with Gasteiger partial charge in [-0.1, -0.05) is 0 Å². The number of rotatable bonds is 3. The molecule has 0 aliphatic carbocycles. The molecular formula is C6H6F2N2O. The molecule has 0 aliphatic heterocycles. The van der Waals surface area contributed by atoms with Crippen LogP contribution < -0.4 is 4.74 Å². The first-order valence-corrected chi connectivity index (χ1v) is 2.95. The van der Waals surface area contributed by atoms with Crippen LogP contribution in [0.2, 0.25) is 0 Å². The van der Waals surface area contributed by atoms with Gasteiger partial charge >= 0.3 is 0 Å². The Kier molecular flexibility index (Phi) is 2.71. The Bertz CT molecular complexity index is 207. The third kappa shape index (κ3) is 2.45. The van der Waals surface area contributed by atoms with E-state index in [4.69, 9.17) is 0 Å². The van der Waals surface area contributed by atoms with Gasteiger partial charge in [-0.3, -0.25) is 0 Å². The molecule has 0 amide bonds. The maximum absolute atomic E-state index is 12.2. The molecule has 3 nitrogen and oxygen atoms in total. The second-order valence-electron chi connectivity index (χ2n) is 1.73. The van der Waals surface area contributed by atoms with Crippen molar-refractivity contribution in [1.29, 1.82) is 0 Å². The summed E-state index contributed by atoms with van der Waals surface area (Å²) < 4.78 is 28.1. The molecule has 5 heteroatoms. The summed E-state index contributed by atoms with van der Waals surface area (Å²) in [7, 11) is 0. The molecule has 0 N–H and O–H groups in total. The highest BCUT2D eigenvalue weighted by Gasteiger charge is 2.06. The number of aromatic nitrogens is 2. The average Bonchev–Trinajstić information content (AvgIpc) is 2.06. The zero-order valence-corrected chi connectivity index (χ0v) is 5.58. The van der Waals surface area contributed by atoms with Crippen molar-refractivity contribution in [2.24, 2.45) is 0 Å². The van der Waals surface area contributed by atoms with Crippen molar-refractivity contribution in [1.82, 2.24) is 9.97 Å². The van der Waals surface area contributed by atoms with E-state index in [2.05, 4.69) is 14.7 Å². The van der Waals surface area contributed by atoms with Gasteiger partial charge in [0.05, 0.1) is 0 Å². The molecule has 0 aromatic carbocycles. The summed E-state index contributed by atoms with van der Waals surface area (Å²) >= 11 is 0. The third-order valence-corrected chi connectivity index (χ3v) is 0.925. The van der Waals surface area contributed by atoms with E-state index >= 15 is 0 Å². The van der Waals surface area contributed by atoms with Crippen LogP contribution in [0.15, 0.2) is 18.6 Å². The van der Waals surface area contributed by atoms with E-state index in [0.29, 0.717) is 0 Å². The van der Waals surface area contributed by atoms with Crippen molar-refractivity contribution in [2.75, 3.05) is 6.67 Å². The SMILES string of the molecule is FCC(F)Oc1ccncn1. The normalized spacial score (nSPS) is 12.5. The predicted molar refractivity (Wildman–Crippen MR) is 33.5 cm³/mol. The summed E-state index contributed by atoms with van der Waals surface area (Å²) in [5, 5.41) is 0. The molecule has 1 aromatic rings. The highest BCUT2D eigenvalue weighted by Crippen LogP contribution is 2.05. The first kappa shape index (κ1) is 7.84. The molecule has 0 radical (unpaired) electrons. The van der Waals surface area contributed by atoms with Gasteiger partial charge in [-0.05, 0) is 0 Å². The summed E-state index contributed by atoms with van der Waals surface area (Å²) in [4.78, 5) is 7.10.